The standard InChI is InChI=1S/C14H19N3O3S/c1-21(19,20)17-8-6-16(7-9-17)14(18)13-10-11-4-2-3-5-12(11)15-13/h2-5,13,15H,6-10H2,1H3/t13-/m0/s1. The molecule has 1 aromatic carbocycles. The van der Waals surface area contributed by atoms with Crippen molar-refractivity contribution in [3.8, 4) is 0 Å². The fraction of sp³-hybridized carbons (Fsp3) is 0.500. The Balaban J connectivity index is 1.61. The highest BCUT2D eigenvalue weighted by molar-refractivity contribution is 7.88. The van der Waals surface area contributed by atoms with Crippen LogP contribution in [0.5, 0.6) is 0 Å². The van der Waals surface area contributed by atoms with Crippen LogP contribution in [0.1, 0.15) is 5.56 Å². The number of amides is 1. The Bertz CT molecular complexity index is 626. The zero-order valence-corrected chi connectivity index (χ0v) is 12.8. The van der Waals surface area contributed by atoms with Crippen LogP contribution in [0.2, 0.25) is 0 Å². The molecule has 2 heterocycles. The van der Waals surface area contributed by atoms with E-state index >= 15 is 0 Å². The lowest BCUT2D eigenvalue weighted by Gasteiger charge is -2.34. The van der Waals surface area contributed by atoms with Crippen molar-refractivity contribution in [2.75, 3.05) is 37.8 Å². The topological polar surface area (TPSA) is 69.7 Å². The maximum absolute atomic E-state index is 12.5. The third kappa shape index (κ3) is 2.89. The molecule has 1 fully saturated rings. The highest BCUT2D eigenvalue weighted by Crippen LogP contribution is 2.26. The molecule has 6 nitrogen and oxygen atoms in total. The summed E-state index contributed by atoms with van der Waals surface area (Å²) in [5, 5.41) is 3.25. The van der Waals surface area contributed by atoms with E-state index in [2.05, 4.69) is 5.32 Å². The van der Waals surface area contributed by atoms with Crippen LogP contribution in [0.25, 0.3) is 0 Å². The van der Waals surface area contributed by atoms with Crippen LogP contribution in [0, 0.1) is 0 Å². The van der Waals surface area contributed by atoms with Crippen LogP contribution in [0.4, 0.5) is 5.69 Å². The summed E-state index contributed by atoms with van der Waals surface area (Å²) in [4.78, 5) is 14.3. The van der Waals surface area contributed by atoms with Crippen LogP contribution in [-0.2, 0) is 21.2 Å². The van der Waals surface area contributed by atoms with Gasteiger partial charge < -0.3 is 10.2 Å². The number of anilines is 1. The van der Waals surface area contributed by atoms with Crippen molar-refractivity contribution < 1.29 is 13.2 Å². The van der Waals surface area contributed by atoms with Gasteiger partial charge in [0, 0.05) is 38.3 Å². The second-order valence-electron chi connectivity index (χ2n) is 5.55. The van der Waals surface area contributed by atoms with E-state index < -0.39 is 10.0 Å². The van der Waals surface area contributed by atoms with Crippen molar-refractivity contribution in [3.63, 3.8) is 0 Å². The second kappa shape index (κ2) is 5.31. The van der Waals surface area contributed by atoms with Gasteiger partial charge in [-0.15, -0.1) is 0 Å². The lowest BCUT2D eigenvalue weighted by molar-refractivity contribution is -0.133. The van der Waals surface area contributed by atoms with E-state index in [-0.39, 0.29) is 11.9 Å². The zero-order valence-electron chi connectivity index (χ0n) is 11.9. The van der Waals surface area contributed by atoms with Crippen molar-refractivity contribution in [1.82, 2.24) is 9.21 Å². The Hall–Kier alpha value is -1.60. The Morgan fingerprint density at radius 1 is 1.19 bits per heavy atom. The molecule has 1 aromatic rings. The first-order valence-corrected chi connectivity index (χ1v) is 8.88. The van der Waals surface area contributed by atoms with Crippen molar-refractivity contribution >= 4 is 21.6 Å². The van der Waals surface area contributed by atoms with E-state index in [9.17, 15) is 13.2 Å². The van der Waals surface area contributed by atoms with E-state index in [1.54, 1.807) is 4.90 Å². The number of rotatable bonds is 2. The first-order valence-electron chi connectivity index (χ1n) is 7.03. The van der Waals surface area contributed by atoms with Gasteiger partial charge in [0.05, 0.1) is 6.26 Å². The molecule has 0 aromatic heterocycles. The Morgan fingerprint density at radius 3 is 2.48 bits per heavy atom. The lowest BCUT2D eigenvalue weighted by atomic mass is 10.1. The quantitative estimate of drug-likeness (QED) is 0.843. The molecule has 114 valence electrons. The molecule has 0 saturated carbocycles. The maximum Gasteiger partial charge on any atom is 0.245 e. The molecule has 0 unspecified atom stereocenters. The minimum atomic E-state index is -3.16. The number of nitrogens with zero attached hydrogens (tertiary/aromatic N) is 2. The summed E-state index contributed by atoms with van der Waals surface area (Å²) in [6, 6.07) is 7.69. The van der Waals surface area contributed by atoms with E-state index in [0.717, 1.165) is 11.3 Å². The van der Waals surface area contributed by atoms with Crippen LogP contribution in [0.15, 0.2) is 24.3 Å². The van der Waals surface area contributed by atoms with E-state index in [1.807, 2.05) is 24.3 Å². The highest BCUT2D eigenvalue weighted by atomic mass is 32.2. The molecule has 2 aliphatic heterocycles. The molecule has 0 aliphatic carbocycles. The van der Waals surface area contributed by atoms with Crippen LogP contribution in [0.3, 0.4) is 0 Å². The first kappa shape index (κ1) is 14.3. The van der Waals surface area contributed by atoms with Crippen LogP contribution >= 0.6 is 0 Å². The number of sulfonamides is 1. The zero-order chi connectivity index (χ0) is 15.0. The largest absolute Gasteiger partial charge is 0.373 e. The number of benzene rings is 1. The summed E-state index contributed by atoms with van der Waals surface area (Å²) in [5.74, 6) is 0.0550. The number of para-hydroxylation sites is 1. The van der Waals surface area contributed by atoms with Gasteiger partial charge in [0.2, 0.25) is 15.9 Å². The number of carbonyl (C=O) groups excluding carboxylic acids is 1. The summed E-state index contributed by atoms with van der Waals surface area (Å²) in [7, 11) is -3.16. The van der Waals surface area contributed by atoms with Crippen molar-refractivity contribution in [3.05, 3.63) is 29.8 Å². The van der Waals surface area contributed by atoms with Crippen molar-refractivity contribution in [2.24, 2.45) is 0 Å². The monoisotopic (exact) mass is 309 g/mol. The highest BCUT2D eigenvalue weighted by Gasteiger charge is 2.33. The molecule has 3 rings (SSSR count). The smallest absolute Gasteiger partial charge is 0.245 e. The van der Waals surface area contributed by atoms with Gasteiger partial charge in [-0.1, -0.05) is 18.2 Å². The van der Waals surface area contributed by atoms with Gasteiger partial charge in [0.15, 0.2) is 0 Å². The molecular formula is C14H19N3O3S. The Morgan fingerprint density at radius 2 is 1.86 bits per heavy atom. The third-order valence-corrected chi connectivity index (χ3v) is 5.39. The summed E-state index contributed by atoms with van der Waals surface area (Å²) in [6.45, 7) is 1.68. The molecule has 7 heteroatoms. The van der Waals surface area contributed by atoms with Crippen molar-refractivity contribution in [2.45, 2.75) is 12.5 Å². The van der Waals surface area contributed by atoms with Gasteiger partial charge >= 0.3 is 0 Å². The number of carbonyl (C=O) groups is 1. The van der Waals surface area contributed by atoms with Gasteiger partial charge in [0.25, 0.3) is 0 Å². The molecule has 1 saturated heterocycles. The van der Waals surface area contributed by atoms with E-state index in [1.165, 1.54) is 10.6 Å². The summed E-state index contributed by atoms with van der Waals surface area (Å²) < 4.78 is 24.4. The Kier molecular flexibility index (Phi) is 3.62. The molecule has 2 aliphatic rings. The SMILES string of the molecule is CS(=O)(=O)N1CCN(C(=O)[C@@H]2Cc3ccccc3N2)CC1. The number of nitrogens with one attached hydrogen (secondary N) is 1. The normalized spacial score (nSPS) is 22.7. The number of hydrogen-bond donors (Lipinski definition) is 1. The average Bonchev–Trinajstić information content (AvgIpc) is 2.89. The minimum Gasteiger partial charge on any atom is -0.373 e. The van der Waals surface area contributed by atoms with Gasteiger partial charge in [-0.2, -0.15) is 4.31 Å². The fourth-order valence-corrected chi connectivity index (χ4v) is 3.73. The summed E-state index contributed by atoms with van der Waals surface area (Å²) in [6.07, 6.45) is 1.90. The van der Waals surface area contributed by atoms with E-state index in [4.69, 9.17) is 0 Å². The first-order chi connectivity index (χ1) is 9.95. The van der Waals surface area contributed by atoms with Gasteiger partial charge in [-0.3, -0.25) is 4.79 Å². The number of piperazine rings is 1. The maximum atomic E-state index is 12.5. The van der Waals surface area contributed by atoms with Crippen molar-refractivity contribution in [1.29, 1.82) is 0 Å². The summed E-state index contributed by atoms with van der Waals surface area (Å²) in [5.41, 5.74) is 2.18. The molecule has 21 heavy (non-hydrogen) atoms. The molecule has 0 radical (unpaired) electrons. The third-order valence-electron chi connectivity index (χ3n) is 4.09. The predicted octanol–water partition coefficient (Wildman–Crippen LogP) is 0.127. The lowest BCUT2D eigenvalue weighted by Crippen LogP contribution is -2.53. The average molecular weight is 309 g/mol. The van der Waals surface area contributed by atoms with Crippen LogP contribution < -0.4 is 5.32 Å². The Labute approximate surface area is 124 Å². The molecule has 1 atom stereocenters. The fourth-order valence-electron chi connectivity index (χ4n) is 2.91. The van der Waals surface area contributed by atoms with Gasteiger partial charge in [0.1, 0.15) is 6.04 Å². The predicted molar refractivity (Wildman–Crippen MR) is 80.6 cm³/mol. The molecule has 1 N–H and O–H groups in total. The van der Waals surface area contributed by atoms with Gasteiger partial charge in [-0.25, -0.2) is 8.42 Å². The summed E-state index contributed by atoms with van der Waals surface area (Å²) >= 11 is 0. The number of fused-ring (bicyclic) bond motifs is 1. The van der Waals surface area contributed by atoms with Gasteiger partial charge in [-0.05, 0) is 11.6 Å². The molecule has 0 bridgehead atoms. The van der Waals surface area contributed by atoms with E-state index in [0.29, 0.717) is 32.6 Å². The molecule has 0 spiro atoms. The minimum absolute atomic E-state index is 0.0550. The number of hydrogen-bond acceptors (Lipinski definition) is 4. The molecular weight excluding hydrogens is 290 g/mol. The molecule has 1 amide bonds. The van der Waals surface area contributed by atoms with Crippen LogP contribution in [-0.4, -0.2) is 62.0 Å². The second-order valence-corrected chi connectivity index (χ2v) is 7.53.